The van der Waals surface area contributed by atoms with Crippen molar-refractivity contribution in [2.24, 2.45) is 0 Å². The minimum Gasteiger partial charge on any atom is -0.384 e. The average molecular weight is 208 g/mol. The Morgan fingerprint density at radius 1 is 1.53 bits per heavy atom. The molecule has 0 aliphatic heterocycles. The molecule has 0 saturated carbocycles. The van der Waals surface area contributed by atoms with E-state index in [0.29, 0.717) is 11.9 Å². The normalized spacial score (nSPS) is 12.8. The van der Waals surface area contributed by atoms with E-state index in [1.54, 1.807) is 6.20 Å². The van der Waals surface area contributed by atoms with Gasteiger partial charge in [0.2, 0.25) is 0 Å². The number of anilines is 2. The summed E-state index contributed by atoms with van der Waals surface area (Å²) >= 11 is 0. The first kappa shape index (κ1) is 11.8. The lowest BCUT2D eigenvalue weighted by Crippen LogP contribution is -2.23. The molecule has 1 aromatic heterocycles. The molecular formula is C11H20N4. The Morgan fingerprint density at radius 2 is 2.27 bits per heavy atom. The van der Waals surface area contributed by atoms with E-state index in [9.17, 15) is 0 Å². The summed E-state index contributed by atoms with van der Waals surface area (Å²) in [7, 11) is 4.16. The fraction of sp³-hybridized carbons (Fsp3) is 0.545. The second-order valence-electron chi connectivity index (χ2n) is 4.11. The van der Waals surface area contributed by atoms with Crippen LogP contribution in [0.4, 0.5) is 11.5 Å². The molecule has 1 unspecified atom stereocenters. The summed E-state index contributed by atoms with van der Waals surface area (Å²) in [4.78, 5) is 6.13. The number of rotatable bonds is 5. The highest BCUT2D eigenvalue weighted by Gasteiger charge is 2.02. The predicted octanol–water partition coefficient (Wildman–Crippen LogP) is 1.42. The molecule has 0 amide bonds. The Bertz CT molecular complexity index is 298. The number of nitrogens with zero attached hydrogens (tertiary/aromatic N) is 2. The Hall–Kier alpha value is -1.29. The summed E-state index contributed by atoms with van der Waals surface area (Å²) in [5, 5.41) is 3.39. The minimum absolute atomic E-state index is 0.439. The smallest absolute Gasteiger partial charge is 0.125 e. The third-order valence-electron chi connectivity index (χ3n) is 2.20. The van der Waals surface area contributed by atoms with Crippen LogP contribution in [-0.4, -0.2) is 36.6 Å². The molecule has 15 heavy (non-hydrogen) atoms. The molecule has 4 heteroatoms. The summed E-state index contributed by atoms with van der Waals surface area (Å²) in [6.45, 7) is 3.24. The molecule has 1 heterocycles. The van der Waals surface area contributed by atoms with Gasteiger partial charge in [-0.05, 0) is 40.1 Å². The van der Waals surface area contributed by atoms with Gasteiger partial charge in [-0.1, -0.05) is 0 Å². The van der Waals surface area contributed by atoms with Gasteiger partial charge >= 0.3 is 0 Å². The lowest BCUT2D eigenvalue weighted by Gasteiger charge is -2.17. The summed E-state index contributed by atoms with van der Waals surface area (Å²) in [5.74, 6) is 0.555. The topological polar surface area (TPSA) is 54.2 Å². The lowest BCUT2D eigenvalue weighted by molar-refractivity contribution is 0.390. The number of hydrogen-bond acceptors (Lipinski definition) is 4. The molecular weight excluding hydrogens is 188 g/mol. The number of nitrogens with one attached hydrogen (secondary N) is 1. The number of nitrogens with two attached hydrogens (primary N) is 1. The second kappa shape index (κ2) is 5.56. The summed E-state index contributed by atoms with van der Waals surface area (Å²) < 4.78 is 0. The molecule has 3 N–H and O–H groups in total. The van der Waals surface area contributed by atoms with Crippen molar-refractivity contribution in [2.45, 2.75) is 19.4 Å². The predicted molar refractivity (Wildman–Crippen MR) is 64.9 cm³/mol. The number of hydrogen-bond donors (Lipinski definition) is 2. The molecule has 0 spiro atoms. The van der Waals surface area contributed by atoms with Gasteiger partial charge in [0.15, 0.2) is 0 Å². The third-order valence-corrected chi connectivity index (χ3v) is 2.20. The van der Waals surface area contributed by atoms with E-state index in [1.165, 1.54) is 0 Å². The maximum Gasteiger partial charge on any atom is 0.125 e. The van der Waals surface area contributed by atoms with Crippen molar-refractivity contribution in [3.05, 3.63) is 18.3 Å². The monoisotopic (exact) mass is 208 g/mol. The molecule has 0 aromatic carbocycles. The van der Waals surface area contributed by atoms with E-state index in [1.807, 2.05) is 12.1 Å². The number of aromatic nitrogens is 1. The van der Waals surface area contributed by atoms with Crippen LogP contribution in [0.5, 0.6) is 0 Å². The Balaban J connectivity index is 2.40. The first-order chi connectivity index (χ1) is 7.08. The van der Waals surface area contributed by atoms with Crippen molar-refractivity contribution in [3.63, 3.8) is 0 Å². The maximum atomic E-state index is 5.60. The summed E-state index contributed by atoms with van der Waals surface area (Å²) in [5.41, 5.74) is 6.63. The molecule has 0 bridgehead atoms. The van der Waals surface area contributed by atoms with Crippen LogP contribution < -0.4 is 11.1 Å². The van der Waals surface area contributed by atoms with Gasteiger partial charge in [0, 0.05) is 24.0 Å². The Kier molecular flexibility index (Phi) is 4.37. The summed E-state index contributed by atoms with van der Waals surface area (Å²) in [6.07, 6.45) is 2.82. The minimum atomic E-state index is 0.439. The van der Waals surface area contributed by atoms with Crippen LogP contribution in [0, 0.1) is 0 Å². The zero-order valence-corrected chi connectivity index (χ0v) is 9.70. The van der Waals surface area contributed by atoms with Gasteiger partial charge in [0.25, 0.3) is 0 Å². The molecule has 0 saturated heterocycles. The van der Waals surface area contributed by atoms with Crippen LogP contribution in [0.2, 0.25) is 0 Å². The molecule has 0 aliphatic rings. The molecule has 4 nitrogen and oxygen atoms in total. The van der Waals surface area contributed by atoms with Crippen LogP contribution in [0.3, 0.4) is 0 Å². The third kappa shape index (κ3) is 4.65. The van der Waals surface area contributed by atoms with Gasteiger partial charge in [0.1, 0.15) is 5.82 Å². The second-order valence-corrected chi connectivity index (χ2v) is 4.11. The van der Waals surface area contributed by atoms with Crippen LogP contribution in [0.1, 0.15) is 13.3 Å². The first-order valence-corrected chi connectivity index (χ1v) is 5.20. The van der Waals surface area contributed by atoms with Gasteiger partial charge in [0.05, 0.1) is 0 Å². The van der Waals surface area contributed by atoms with Crippen molar-refractivity contribution in [1.82, 2.24) is 9.88 Å². The van der Waals surface area contributed by atoms with Crippen molar-refractivity contribution in [3.8, 4) is 0 Å². The SMILES string of the molecule is CC(CCN(C)C)Nc1ccnc(N)c1. The van der Waals surface area contributed by atoms with Crippen LogP contribution in [0.25, 0.3) is 0 Å². The van der Waals surface area contributed by atoms with E-state index < -0.39 is 0 Å². The Labute approximate surface area is 91.5 Å². The summed E-state index contributed by atoms with van der Waals surface area (Å²) in [6, 6.07) is 4.23. The van der Waals surface area contributed by atoms with Crippen molar-refractivity contribution in [1.29, 1.82) is 0 Å². The average Bonchev–Trinajstić information content (AvgIpc) is 2.15. The Morgan fingerprint density at radius 3 is 2.87 bits per heavy atom. The van der Waals surface area contributed by atoms with E-state index in [0.717, 1.165) is 18.7 Å². The molecule has 0 aliphatic carbocycles. The number of nitrogen functional groups attached to an aromatic ring is 1. The quantitative estimate of drug-likeness (QED) is 0.768. The highest BCUT2D eigenvalue weighted by molar-refractivity contribution is 5.50. The lowest BCUT2D eigenvalue weighted by atomic mass is 10.2. The van der Waals surface area contributed by atoms with Gasteiger partial charge in [-0.15, -0.1) is 0 Å². The highest BCUT2D eigenvalue weighted by Crippen LogP contribution is 2.11. The van der Waals surface area contributed by atoms with E-state index in [4.69, 9.17) is 5.73 Å². The van der Waals surface area contributed by atoms with Crippen LogP contribution >= 0.6 is 0 Å². The molecule has 1 rings (SSSR count). The molecule has 1 aromatic rings. The van der Waals surface area contributed by atoms with Gasteiger partial charge < -0.3 is 16.0 Å². The fourth-order valence-electron chi connectivity index (χ4n) is 1.35. The number of pyridine rings is 1. The van der Waals surface area contributed by atoms with Gasteiger partial charge in [-0.25, -0.2) is 4.98 Å². The van der Waals surface area contributed by atoms with Gasteiger partial charge in [-0.2, -0.15) is 0 Å². The van der Waals surface area contributed by atoms with Crippen molar-refractivity contribution >= 4 is 11.5 Å². The van der Waals surface area contributed by atoms with Crippen LogP contribution in [-0.2, 0) is 0 Å². The highest BCUT2D eigenvalue weighted by atomic mass is 15.1. The molecule has 0 radical (unpaired) electrons. The molecule has 0 fully saturated rings. The first-order valence-electron chi connectivity index (χ1n) is 5.20. The van der Waals surface area contributed by atoms with E-state index >= 15 is 0 Å². The van der Waals surface area contributed by atoms with Crippen molar-refractivity contribution < 1.29 is 0 Å². The largest absolute Gasteiger partial charge is 0.384 e. The van der Waals surface area contributed by atoms with E-state index in [2.05, 4.69) is 36.2 Å². The zero-order chi connectivity index (χ0) is 11.3. The molecule has 84 valence electrons. The standard InChI is InChI=1S/C11H20N4/c1-9(5-7-15(2)3)14-10-4-6-13-11(12)8-10/h4,6,8-9H,5,7H2,1-3H3,(H3,12,13,14). The molecule has 1 atom stereocenters. The fourth-order valence-corrected chi connectivity index (χ4v) is 1.35. The van der Waals surface area contributed by atoms with E-state index in [-0.39, 0.29) is 0 Å². The van der Waals surface area contributed by atoms with Crippen molar-refractivity contribution in [2.75, 3.05) is 31.7 Å². The zero-order valence-electron chi connectivity index (χ0n) is 9.70. The maximum absolute atomic E-state index is 5.60. The van der Waals surface area contributed by atoms with Crippen LogP contribution in [0.15, 0.2) is 18.3 Å². The van der Waals surface area contributed by atoms with Gasteiger partial charge in [-0.3, -0.25) is 0 Å².